The fourth-order valence-corrected chi connectivity index (χ4v) is 3.08. The summed E-state index contributed by atoms with van der Waals surface area (Å²) < 4.78 is 1.93. The van der Waals surface area contributed by atoms with Gasteiger partial charge in [0.05, 0.1) is 12.3 Å². The van der Waals surface area contributed by atoms with Crippen molar-refractivity contribution in [1.29, 1.82) is 0 Å². The zero-order chi connectivity index (χ0) is 13.2. The quantitative estimate of drug-likeness (QED) is 0.793. The van der Waals surface area contributed by atoms with Crippen molar-refractivity contribution < 1.29 is 5.11 Å². The van der Waals surface area contributed by atoms with Gasteiger partial charge in [0.15, 0.2) is 0 Å². The van der Waals surface area contributed by atoms with Crippen LogP contribution in [0.25, 0.3) is 5.65 Å². The molecule has 0 atom stereocenters. The highest BCUT2D eigenvalue weighted by Gasteiger charge is 2.12. The Labute approximate surface area is 115 Å². The molecule has 1 aromatic carbocycles. The lowest BCUT2D eigenvalue weighted by molar-refractivity contribution is 0.272. The highest BCUT2D eigenvalue weighted by molar-refractivity contribution is 7.99. The Kier molecular flexibility index (Phi) is 3.27. The lowest BCUT2D eigenvalue weighted by Gasteiger charge is -2.02. The van der Waals surface area contributed by atoms with Crippen molar-refractivity contribution in [2.75, 3.05) is 0 Å². The van der Waals surface area contributed by atoms with E-state index in [1.165, 1.54) is 5.56 Å². The van der Waals surface area contributed by atoms with E-state index in [-0.39, 0.29) is 6.61 Å². The minimum Gasteiger partial charge on any atom is -0.390 e. The number of aliphatic hydroxyl groups excluding tert-OH is 1. The molecular weight excluding hydrogens is 256 g/mol. The topological polar surface area (TPSA) is 37.5 Å². The van der Waals surface area contributed by atoms with Crippen LogP contribution in [0, 0.1) is 6.92 Å². The smallest absolute Gasteiger partial charge is 0.138 e. The van der Waals surface area contributed by atoms with Gasteiger partial charge in [-0.25, -0.2) is 4.98 Å². The minimum absolute atomic E-state index is 0.0146. The van der Waals surface area contributed by atoms with E-state index in [1.807, 2.05) is 34.9 Å². The van der Waals surface area contributed by atoms with Crippen LogP contribution in [0.4, 0.5) is 0 Å². The number of hydrogen-bond acceptors (Lipinski definition) is 3. The van der Waals surface area contributed by atoms with Gasteiger partial charge in [0.2, 0.25) is 0 Å². The Morgan fingerprint density at radius 1 is 1.21 bits per heavy atom. The molecule has 0 amide bonds. The average Bonchev–Trinajstić information content (AvgIpc) is 2.75. The Morgan fingerprint density at radius 3 is 2.89 bits per heavy atom. The van der Waals surface area contributed by atoms with E-state index >= 15 is 0 Å². The van der Waals surface area contributed by atoms with Crippen molar-refractivity contribution in [3.63, 3.8) is 0 Å². The van der Waals surface area contributed by atoms with Crippen molar-refractivity contribution in [2.45, 2.75) is 23.5 Å². The summed E-state index contributed by atoms with van der Waals surface area (Å²) in [6.45, 7) is 2.06. The molecule has 0 aliphatic rings. The molecule has 0 spiro atoms. The van der Waals surface area contributed by atoms with Gasteiger partial charge in [-0.05, 0) is 31.2 Å². The molecule has 3 aromatic rings. The first-order valence-corrected chi connectivity index (χ1v) is 6.91. The maximum absolute atomic E-state index is 9.56. The van der Waals surface area contributed by atoms with Gasteiger partial charge < -0.3 is 9.51 Å². The SMILES string of the molecule is Cc1cccc(Sc2nc3ccccn3c2CO)c1. The number of aryl methyl sites for hydroxylation is 1. The fourth-order valence-electron chi connectivity index (χ4n) is 2.04. The molecule has 3 rings (SSSR count). The van der Waals surface area contributed by atoms with Crippen LogP contribution in [0.15, 0.2) is 58.6 Å². The Bertz CT molecular complexity index is 721. The Hall–Kier alpha value is -1.78. The third-order valence-electron chi connectivity index (χ3n) is 2.95. The molecule has 0 fully saturated rings. The number of nitrogens with zero attached hydrogens (tertiary/aromatic N) is 2. The molecule has 0 unspecified atom stereocenters. The van der Waals surface area contributed by atoms with Gasteiger partial charge in [-0.2, -0.15) is 0 Å². The Balaban J connectivity index is 2.05. The normalized spacial score (nSPS) is 11.1. The first-order chi connectivity index (χ1) is 9.28. The third kappa shape index (κ3) is 2.37. The van der Waals surface area contributed by atoms with Crippen LogP contribution in [0.1, 0.15) is 11.3 Å². The van der Waals surface area contributed by atoms with Crippen molar-refractivity contribution in [3.05, 3.63) is 59.9 Å². The number of fused-ring (bicyclic) bond motifs is 1. The van der Waals surface area contributed by atoms with E-state index in [1.54, 1.807) is 11.8 Å². The zero-order valence-corrected chi connectivity index (χ0v) is 11.4. The van der Waals surface area contributed by atoms with Crippen molar-refractivity contribution in [1.82, 2.24) is 9.38 Å². The molecule has 19 heavy (non-hydrogen) atoms. The van der Waals surface area contributed by atoms with E-state index in [9.17, 15) is 5.11 Å². The van der Waals surface area contributed by atoms with Gasteiger partial charge in [-0.1, -0.05) is 35.5 Å². The zero-order valence-electron chi connectivity index (χ0n) is 10.6. The molecule has 96 valence electrons. The van der Waals surface area contributed by atoms with Gasteiger partial charge in [-0.3, -0.25) is 0 Å². The monoisotopic (exact) mass is 270 g/mol. The van der Waals surface area contributed by atoms with Gasteiger partial charge in [0, 0.05) is 11.1 Å². The second kappa shape index (κ2) is 5.07. The molecule has 0 bridgehead atoms. The first kappa shape index (κ1) is 12.3. The van der Waals surface area contributed by atoms with Crippen molar-refractivity contribution >= 4 is 17.4 Å². The summed E-state index contributed by atoms with van der Waals surface area (Å²) in [5.74, 6) is 0. The summed E-state index contributed by atoms with van der Waals surface area (Å²) >= 11 is 1.59. The molecule has 0 saturated heterocycles. The summed E-state index contributed by atoms with van der Waals surface area (Å²) in [5, 5.41) is 10.4. The minimum atomic E-state index is -0.0146. The van der Waals surface area contributed by atoms with Crippen molar-refractivity contribution in [2.24, 2.45) is 0 Å². The van der Waals surface area contributed by atoms with E-state index in [0.29, 0.717) is 0 Å². The summed E-state index contributed by atoms with van der Waals surface area (Å²) in [4.78, 5) is 5.71. The molecule has 0 saturated carbocycles. The molecule has 4 heteroatoms. The third-order valence-corrected chi connectivity index (χ3v) is 3.96. The molecule has 0 aliphatic carbocycles. The van der Waals surface area contributed by atoms with Gasteiger partial charge in [0.25, 0.3) is 0 Å². The number of benzene rings is 1. The largest absolute Gasteiger partial charge is 0.390 e. The molecule has 2 aromatic heterocycles. The highest BCUT2D eigenvalue weighted by atomic mass is 32.2. The predicted octanol–water partition coefficient (Wildman–Crippen LogP) is 3.29. The van der Waals surface area contributed by atoms with Gasteiger partial charge in [-0.15, -0.1) is 0 Å². The molecule has 0 aliphatic heterocycles. The van der Waals surface area contributed by atoms with E-state index in [0.717, 1.165) is 21.3 Å². The fraction of sp³-hybridized carbons (Fsp3) is 0.133. The number of aliphatic hydroxyl groups is 1. The lowest BCUT2D eigenvalue weighted by Crippen LogP contribution is -1.92. The van der Waals surface area contributed by atoms with E-state index in [2.05, 4.69) is 30.1 Å². The van der Waals surface area contributed by atoms with Crippen LogP contribution < -0.4 is 0 Å². The molecule has 1 N–H and O–H groups in total. The van der Waals surface area contributed by atoms with Crippen LogP contribution in [-0.2, 0) is 6.61 Å². The molecule has 2 heterocycles. The maximum atomic E-state index is 9.56. The summed E-state index contributed by atoms with van der Waals surface area (Å²) in [6.07, 6.45) is 1.92. The summed E-state index contributed by atoms with van der Waals surface area (Å²) in [6, 6.07) is 14.1. The van der Waals surface area contributed by atoms with Crippen LogP contribution >= 0.6 is 11.8 Å². The number of aromatic nitrogens is 2. The lowest BCUT2D eigenvalue weighted by atomic mass is 10.2. The number of pyridine rings is 1. The van der Waals surface area contributed by atoms with Crippen LogP contribution in [0.3, 0.4) is 0 Å². The average molecular weight is 270 g/mol. The van der Waals surface area contributed by atoms with Crippen LogP contribution in [-0.4, -0.2) is 14.5 Å². The summed E-state index contributed by atoms with van der Waals surface area (Å²) in [7, 11) is 0. The first-order valence-electron chi connectivity index (χ1n) is 6.09. The maximum Gasteiger partial charge on any atom is 0.138 e. The Morgan fingerprint density at radius 2 is 2.11 bits per heavy atom. The predicted molar refractivity (Wildman–Crippen MR) is 76.4 cm³/mol. The van der Waals surface area contributed by atoms with Crippen LogP contribution in [0.5, 0.6) is 0 Å². The number of imidazole rings is 1. The molecule has 3 nitrogen and oxygen atoms in total. The number of rotatable bonds is 3. The van der Waals surface area contributed by atoms with E-state index < -0.39 is 0 Å². The van der Waals surface area contributed by atoms with Gasteiger partial charge in [0.1, 0.15) is 10.7 Å². The second-order valence-electron chi connectivity index (χ2n) is 4.37. The standard InChI is InChI=1S/C15H14N2OS/c1-11-5-4-6-12(9-11)19-15-13(10-18)17-8-3-2-7-14(17)16-15/h2-9,18H,10H2,1H3. The van der Waals surface area contributed by atoms with Crippen molar-refractivity contribution in [3.8, 4) is 0 Å². The van der Waals surface area contributed by atoms with Crippen LogP contribution in [0.2, 0.25) is 0 Å². The van der Waals surface area contributed by atoms with E-state index in [4.69, 9.17) is 0 Å². The summed E-state index contributed by atoms with van der Waals surface area (Å²) in [5.41, 5.74) is 2.92. The highest BCUT2D eigenvalue weighted by Crippen LogP contribution is 2.30. The number of hydrogen-bond donors (Lipinski definition) is 1. The van der Waals surface area contributed by atoms with Gasteiger partial charge >= 0.3 is 0 Å². The second-order valence-corrected chi connectivity index (χ2v) is 5.43. The molecular formula is C15H14N2OS. The molecule has 0 radical (unpaired) electrons.